The van der Waals surface area contributed by atoms with Crippen molar-refractivity contribution in [3.8, 4) is 11.3 Å². The monoisotopic (exact) mass is 259 g/mol. The fraction of sp³-hybridized carbons (Fsp3) is 0.571. The first-order valence-corrected chi connectivity index (χ1v) is 6.98. The van der Waals surface area contributed by atoms with Crippen molar-refractivity contribution in [2.45, 2.75) is 45.6 Å². The number of aryl methyl sites for hydroxylation is 2. The molecule has 0 atom stereocenters. The molecular weight excluding hydrogens is 238 g/mol. The van der Waals surface area contributed by atoms with Gasteiger partial charge in [-0.3, -0.25) is 4.68 Å². The molecule has 1 aliphatic carbocycles. The SMILES string of the molecule is CCCn1c(C2CC2)nc(-c2cn(C)nc2C)c1N. The molecule has 2 N–H and O–H groups in total. The Balaban J connectivity index is 2.11. The van der Waals surface area contributed by atoms with Crippen molar-refractivity contribution in [1.29, 1.82) is 0 Å². The zero-order chi connectivity index (χ0) is 13.6. The first-order chi connectivity index (χ1) is 9.11. The number of imidazole rings is 1. The van der Waals surface area contributed by atoms with E-state index in [0.29, 0.717) is 5.92 Å². The second kappa shape index (κ2) is 4.40. The number of anilines is 1. The molecule has 0 saturated heterocycles. The third-order valence-electron chi connectivity index (χ3n) is 3.69. The van der Waals surface area contributed by atoms with Crippen LogP contribution in [-0.4, -0.2) is 19.3 Å². The zero-order valence-corrected chi connectivity index (χ0v) is 11.8. The molecular formula is C14H21N5. The van der Waals surface area contributed by atoms with Crippen LogP contribution in [0.25, 0.3) is 11.3 Å². The molecule has 0 unspecified atom stereocenters. The quantitative estimate of drug-likeness (QED) is 0.917. The molecule has 2 aromatic rings. The number of nitrogen functional groups attached to an aromatic ring is 1. The van der Waals surface area contributed by atoms with Crippen LogP contribution in [0.5, 0.6) is 0 Å². The van der Waals surface area contributed by atoms with Gasteiger partial charge >= 0.3 is 0 Å². The Morgan fingerprint density at radius 3 is 2.68 bits per heavy atom. The summed E-state index contributed by atoms with van der Waals surface area (Å²) in [5, 5.41) is 4.39. The Hall–Kier alpha value is -1.78. The zero-order valence-electron chi connectivity index (χ0n) is 11.8. The molecule has 0 bridgehead atoms. The van der Waals surface area contributed by atoms with E-state index in [2.05, 4.69) is 16.6 Å². The first-order valence-electron chi connectivity index (χ1n) is 6.98. The van der Waals surface area contributed by atoms with Gasteiger partial charge in [-0.15, -0.1) is 0 Å². The maximum atomic E-state index is 6.33. The molecule has 2 aromatic heterocycles. The van der Waals surface area contributed by atoms with Crippen molar-refractivity contribution in [1.82, 2.24) is 19.3 Å². The Labute approximate surface area is 113 Å². The van der Waals surface area contributed by atoms with Crippen LogP contribution in [0.4, 0.5) is 5.82 Å². The summed E-state index contributed by atoms with van der Waals surface area (Å²) in [5.74, 6) is 2.57. The minimum absolute atomic E-state index is 0.611. The van der Waals surface area contributed by atoms with Crippen LogP contribution >= 0.6 is 0 Å². The van der Waals surface area contributed by atoms with Crippen LogP contribution in [0, 0.1) is 6.92 Å². The lowest BCUT2D eigenvalue weighted by atomic mass is 10.2. The standard InChI is InChI=1S/C14H21N5/c1-4-7-19-13(15)12(16-14(19)10-5-6-10)11-8-18(3)17-9(11)2/h8,10H,4-7,15H2,1-3H3. The molecule has 0 radical (unpaired) electrons. The second-order valence-corrected chi connectivity index (χ2v) is 5.43. The van der Waals surface area contributed by atoms with Gasteiger partial charge in [-0.1, -0.05) is 6.92 Å². The van der Waals surface area contributed by atoms with Gasteiger partial charge in [-0.25, -0.2) is 4.98 Å². The Morgan fingerprint density at radius 1 is 1.42 bits per heavy atom. The fourth-order valence-corrected chi connectivity index (χ4v) is 2.63. The molecule has 102 valence electrons. The Morgan fingerprint density at radius 2 is 2.16 bits per heavy atom. The molecule has 3 rings (SSSR count). The van der Waals surface area contributed by atoms with Crippen molar-refractivity contribution < 1.29 is 0 Å². The van der Waals surface area contributed by atoms with E-state index in [9.17, 15) is 0 Å². The van der Waals surface area contributed by atoms with Gasteiger partial charge < -0.3 is 10.3 Å². The average Bonchev–Trinajstić information content (AvgIpc) is 3.08. The van der Waals surface area contributed by atoms with Crippen LogP contribution in [0.3, 0.4) is 0 Å². The maximum absolute atomic E-state index is 6.33. The van der Waals surface area contributed by atoms with E-state index < -0.39 is 0 Å². The largest absolute Gasteiger partial charge is 0.383 e. The molecule has 1 saturated carbocycles. The molecule has 5 heteroatoms. The number of nitrogens with two attached hydrogens (primary N) is 1. The van der Waals surface area contributed by atoms with E-state index in [1.165, 1.54) is 12.8 Å². The van der Waals surface area contributed by atoms with Gasteiger partial charge in [0.1, 0.15) is 17.3 Å². The lowest BCUT2D eigenvalue weighted by Gasteiger charge is -2.07. The van der Waals surface area contributed by atoms with Gasteiger partial charge in [0.15, 0.2) is 0 Å². The van der Waals surface area contributed by atoms with Gasteiger partial charge in [0.05, 0.1) is 5.69 Å². The summed E-state index contributed by atoms with van der Waals surface area (Å²) in [7, 11) is 1.93. The van der Waals surface area contributed by atoms with Crippen molar-refractivity contribution in [2.75, 3.05) is 5.73 Å². The van der Waals surface area contributed by atoms with E-state index in [0.717, 1.165) is 41.6 Å². The molecule has 0 aromatic carbocycles. The van der Waals surface area contributed by atoms with Crippen molar-refractivity contribution >= 4 is 5.82 Å². The van der Waals surface area contributed by atoms with Crippen molar-refractivity contribution in [3.05, 3.63) is 17.7 Å². The summed E-state index contributed by atoms with van der Waals surface area (Å²) in [6, 6.07) is 0. The van der Waals surface area contributed by atoms with Gasteiger partial charge in [-0.2, -0.15) is 5.10 Å². The molecule has 0 spiro atoms. The lowest BCUT2D eigenvalue weighted by molar-refractivity contribution is 0.646. The van der Waals surface area contributed by atoms with Crippen molar-refractivity contribution in [3.63, 3.8) is 0 Å². The number of nitrogens with zero attached hydrogens (tertiary/aromatic N) is 4. The molecule has 5 nitrogen and oxygen atoms in total. The predicted octanol–water partition coefficient (Wildman–Crippen LogP) is 2.46. The predicted molar refractivity (Wildman–Crippen MR) is 75.8 cm³/mol. The van der Waals surface area contributed by atoms with E-state index in [4.69, 9.17) is 10.7 Å². The average molecular weight is 259 g/mol. The number of aromatic nitrogens is 4. The fourth-order valence-electron chi connectivity index (χ4n) is 2.63. The maximum Gasteiger partial charge on any atom is 0.131 e. The summed E-state index contributed by atoms with van der Waals surface area (Å²) in [6.45, 7) is 5.12. The summed E-state index contributed by atoms with van der Waals surface area (Å²) in [4.78, 5) is 4.82. The third kappa shape index (κ3) is 2.03. The minimum Gasteiger partial charge on any atom is -0.383 e. The number of rotatable bonds is 4. The molecule has 1 aliphatic rings. The minimum atomic E-state index is 0.611. The second-order valence-electron chi connectivity index (χ2n) is 5.43. The van der Waals surface area contributed by atoms with E-state index >= 15 is 0 Å². The normalized spacial score (nSPS) is 15.1. The summed E-state index contributed by atoms with van der Waals surface area (Å²) < 4.78 is 4.01. The van der Waals surface area contributed by atoms with Crippen LogP contribution in [0.15, 0.2) is 6.20 Å². The van der Waals surface area contributed by atoms with E-state index in [1.54, 1.807) is 0 Å². The van der Waals surface area contributed by atoms with Crippen molar-refractivity contribution in [2.24, 2.45) is 7.05 Å². The lowest BCUT2D eigenvalue weighted by Crippen LogP contribution is -2.06. The first kappa shape index (κ1) is 12.3. The topological polar surface area (TPSA) is 61.7 Å². The molecule has 0 amide bonds. The summed E-state index contributed by atoms with van der Waals surface area (Å²) in [5.41, 5.74) is 9.27. The number of hydrogen-bond acceptors (Lipinski definition) is 3. The number of hydrogen-bond donors (Lipinski definition) is 1. The van der Waals surface area contributed by atoms with Crippen LogP contribution in [0.2, 0.25) is 0 Å². The van der Waals surface area contributed by atoms with Gasteiger partial charge in [0, 0.05) is 31.3 Å². The Kier molecular flexibility index (Phi) is 2.84. The highest BCUT2D eigenvalue weighted by Gasteiger charge is 2.31. The molecule has 1 fully saturated rings. The highest BCUT2D eigenvalue weighted by Crippen LogP contribution is 2.42. The van der Waals surface area contributed by atoms with Gasteiger partial charge in [0.2, 0.25) is 0 Å². The Bertz CT molecular complexity index is 604. The summed E-state index contributed by atoms with van der Waals surface area (Å²) >= 11 is 0. The van der Waals surface area contributed by atoms with E-state index in [-0.39, 0.29) is 0 Å². The molecule has 19 heavy (non-hydrogen) atoms. The van der Waals surface area contributed by atoms with E-state index in [1.807, 2.05) is 24.9 Å². The van der Waals surface area contributed by atoms with Gasteiger partial charge in [0.25, 0.3) is 0 Å². The summed E-state index contributed by atoms with van der Waals surface area (Å²) in [6.07, 6.45) is 5.56. The highest BCUT2D eigenvalue weighted by molar-refractivity contribution is 5.72. The van der Waals surface area contributed by atoms with Crippen LogP contribution in [-0.2, 0) is 13.6 Å². The van der Waals surface area contributed by atoms with Crippen LogP contribution in [0.1, 0.15) is 43.6 Å². The van der Waals surface area contributed by atoms with Crippen LogP contribution < -0.4 is 5.73 Å². The highest BCUT2D eigenvalue weighted by atomic mass is 15.3. The van der Waals surface area contributed by atoms with Gasteiger partial charge in [-0.05, 0) is 26.2 Å². The molecule has 2 heterocycles. The third-order valence-corrected chi connectivity index (χ3v) is 3.69. The molecule has 0 aliphatic heterocycles. The smallest absolute Gasteiger partial charge is 0.131 e.